The summed E-state index contributed by atoms with van der Waals surface area (Å²) in [6.07, 6.45) is 0. The van der Waals surface area contributed by atoms with E-state index in [0.717, 1.165) is 10.4 Å². The maximum Gasteiger partial charge on any atom is 0.282 e. The lowest BCUT2D eigenvalue weighted by atomic mass is 10.3. The van der Waals surface area contributed by atoms with Gasteiger partial charge in [0.2, 0.25) is 0 Å². The van der Waals surface area contributed by atoms with Gasteiger partial charge in [0.1, 0.15) is 0 Å². The van der Waals surface area contributed by atoms with E-state index in [0.29, 0.717) is 19.6 Å². The lowest BCUT2D eigenvalue weighted by molar-refractivity contribution is 0.441. The van der Waals surface area contributed by atoms with E-state index in [2.05, 4.69) is 0 Å². The van der Waals surface area contributed by atoms with Crippen LogP contribution < -0.4 is 0 Å². The summed E-state index contributed by atoms with van der Waals surface area (Å²) in [5, 5.41) is 1.99. The van der Waals surface area contributed by atoms with Gasteiger partial charge in [-0.25, -0.2) is 0 Å². The van der Waals surface area contributed by atoms with Gasteiger partial charge in [-0.15, -0.1) is 11.3 Å². The standard InChI is InChI=1S/C9H14N2O2S2/c1-8-3-6-14-9(8)7-10(2)15(12,13)11-4-5-11/h3,6H,4-5,7H2,1-2H3. The van der Waals surface area contributed by atoms with Crippen molar-refractivity contribution in [2.24, 2.45) is 0 Å². The van der Waals surface area contributed by atoms with E-state index in [1.165, 1.54) is 8.61 Å². The van der Waals surface area contributed by atoms with E-state index >= 15 is 0 Å². The van der Waals surface area contributed by atoms with Crippen LogP contribution >= 0.6 is 11.3 Å². The Hall–Kier alpha value is -0.430. The van der Waals surface area contributed by atoms with Crippen molar-refractivity contribution in [1.82, 2.24) is 8.61 Å². The summed E-state index contributed by atoms with van der Waals surface area (Å²) in [6, 6.07) is 2.01. The number of hydrogen-bond donors (Lipinski definition) is 0. The van der Waals surface area contributed by atoms with Crippen LogP contribution in [0.3, 0.4) is 0 Å². The smallest absolute Gasteiger partial charge is 0.195 e. The Morgan fingerprint density at radius 3 is 2.67 bits per heavy atom. The molecular weight excluding hydrogens is 232 g/mol. The quantitative estimate of drug-likeness (QED) is 0.745. The van der Waals surface area contributed by atoms with Crippen molar-refractivity contribution in [2.45, 2.75) is 13.5 Å². The molecular formula is C9H14N2O2S2. The second kappa shape index (κ2) is 3.86. The molecule has 2 rings (SSSR count). The Morgan fingerprint density at radius 2 is 2.20 bits per heavy atom. The van der Waals surface area contributed by atoms with Gasteiger partial charge in [0.15, 0.2) is 0 Å². The highest BCUT2D eigenvalue weighted by atomic mass is 32.2. The summed E-state index contributed by atoms with van der Waals surface area (Å²) < 4.78 is 26.5. The third-order valence-electron chi connectivity index (χ3n) is 2.46. The molecule has 1 aliphatic rings. The van der Waals surface area contributed by atoms with Crippen LogP contribution in [-0.2, 0) is 16.8 Å². The summed E-state index contributed by atoms with van der Waals surface area (Å²) in [6.45, 7) is 3.80. The van der Waals surface area contributed by atoms with Gasteiger partial charge in [0, 0.05) is 31.6 Å². The minimum Gasteiger partial charge on any atom is -0.195 e. The lowest BCUT2D eigenvalue weighted by Gasteiger charge is -2.16. The highest BCUT2D eigenvalue weighted by molar-refractivity contribution is 7.86. The van der Waals surface area contributed by atoms with E-state index in [-0.39, 0.29) is 0 Å². The lowest BCUT2D eigenvalue weighted by Crippen LogP contribution is -2.31. The van der Waals surface area contributed by atoms with Gasteiger partial charge in [-0.2, -0.15) is 17.0 Å². The Morgan fingerprint density at radius 1 is 1.53 bits per heavy atom. The first kappa shape index (κ1) is 11.1. The van der Waals surface area contributed by atoms with E-state index in [9.17, 15) is 8.42 Å². The Kier molecular flexibility index (Phi) is 2.85. The number of hydrogen-bond acceptors (Lipinski definition) is 3. The first-order chi connectivity index (χ1) is 7.01. The molecule has 1 aliphatic heterocycles. The predicted molar refractivity (Wildman–Crippen MR) is 61.0 cm³/mol. The Labute approximate surface area is 94.3 Å². The highest BCUT2D eigenvalue weighted by Gasteiger charge is 2.35. The average Bonchev–Trinajstić information content (AvgIpc) is 2.94. The van der Waals surface area contributed by atoms with Crippen LogP contribution in [0.2, 0.25) is 0 Å². The van der Waals surface area contributed by atoms with E-state index in [1.54, 1.807) is 18.4 Å². The SMILES string of the molecule is Cc1ccsc1CN(C)S(=O)(=O)N1CC1. The number of rotatable bonds is 4. The molecule has 0 saturated carbocycles. The molecule has 0 amide bonds. The molecule has 6 heteroatoms. The Balaban J connectivity index is 2.10. The maximum absolute atomic E-state index is 11.8. The molecule has 0 N–H and O–H groups in total. The summed E-state index contributed by atoms with van der Waals surface area (Å²) in [5.41, 5.74) is 1.16. The van der Waals surface area contributed by atoms with Crippen molar-refractivity contribution in [3.63, 3.8) is 0 Å². The fraction of sp³-hybridized carbons (Fsp3) is 0.556. The molecule has 1 fully saturated rings. The van der Waals surface area contributed by atoms with Crippen LogP contribution in [0.25, 0.3) is 0 Å². The topological polar surface area (TPSA) is 40.4 Å². The molecule has 0 atom stereocenters. The van der Waals surface area contributed by atoms with E-state index < -0.39 is 10.2 Å². The zero-order valence-corrected chi connectivity index (χ0v) is 10.4. The molecule has 1 aromatic heterocycles. The van der Waals surface area contributed by atoms with Crippen molar-refractivity contribution in [3.05, 3.63) is 21.9 Å². The third kappa shape index (κ3) is 2.23. The first-order valence-corrected chi connectivity index (χ1v) is 7.04. The van der Waals surface area contributed by atoms with Crippen LogP contribution in [0.15, 0.2) is 11.4 Å². The van der Waals surface area contributed by atoms with Gasteiger partial charge in [-0.3, -0.25) is 0 Å². The molecule has 84 valence electrons. The first-order valence-electron chi connectivity index (χ1n) is 4.76. The fourth-order valence-electron chi connectivity index (χ4n) is 1.32. The largest absolute Gasteiger partial charge is 0.282 e. The van der Waals surface area contributed by atoms with Crippen molar-refractivity contribution >= 4 is 21.5 Å². The summed E-state index contributed by atoms with van der Waals surface area (Å²) >= 11 is 1.60. The van der Waals surface area contributed by atoms with Gasteiger partial charge >= 0.3 is 0 Å². The van der Waals surface area contributed by atoms with Crippen LogP contribution in [-0.4, -0.2) is 37.2 Å². The molecule has 0 aromatic carbocycles. The van der Waals surface area contributed by atoms with Crippen LogP contribution in [0.5, 0.6) is 0 Å². The molecule has 1 aromatic rings. The minimum atomic E-state index is -3.19. The van der Waals surface area contributed by atoms with Crippen LogP contribution in [0, 0.1) is 6.92 Å². The second-order valence-corrected chi connectivity index (χ2v) is 6.73. The third-order valence-corrected chi connectivity index (χ3v) is 5.40. The van der Waals surface area contributed by atoms with Crippen molar-refractivity contribution in [3.8, 4) is 0 Å². The monoisotopic (exact) mass is 246 g/mol. The molecule has 1 saturated heterocycles. The molecule has 4 nitrogen and oxygen atoms in total. The van der Waals surface area contributed by atoms with Gasteiger partial charge in [0.05, 0.1) is 0 Å². The van der Waals surface area contributed by atoms with Gasteiger partial charge in [-0.05, 0) is 23.9 Å². The zero-order chi connectivity index (χ0) is 11.1. The van der Waals surface area contributed by atoms with E-state index in [1.807, 2.05) is 18.4 Å². The van der Waals surface area contributed by atoms with Crippen molar-refractivity contribution in [2.75, 3.05) is 20.1 Å². The highest BCUT2D eigenvalue weighted by Crippen LogP contribution is 2.21. The summed E-state index contributed by atoms with van der Waals surface area (Å²) in [4.78, 5) is 1.11. The van der Waals surface area contributed by atoms with Gasteiger partial charge < -0.3 is 0 Å². The molecule has 0 radical (unpaired) electrons. The minimum absolute atomic E-state index is 0.475. The second-order valence-electron chi connectivity index (χ2n) is 3.69. The number of aryl methyl sites for hydroxylation is 1. The van der Waals surface area contributed by atoms with Gasteiger partial charge in [-0.1, -0.05) is 0 Å². The molecule has 2 heterocycles. The molecule has 15 heavy (non-hydrogen) atoms. The van der Waals surface area contributed by atoms with Crippen molar-refractivity contribution < 1.29 is 8.42 Å². The molecule has 0 aliphatic carbocycles. The summed E-state index contributed by atoms with van der Waals surface area (Å²) in [5.74, 6) is 0. The summed E-state index contributed by atoms with van der Waals surface area (Å²) in [7, 11) is -1.55. The molecule has 0 bridgehead atoms. The van der Waals surface area contributed by atoms with Crippen molar-refractivity contribution in [1.29, 1.82) is 0 Å². The average molecular weight is 246 g/mol. The van der Waals surface area contributed by atoms with E-state index in [4.69, 9.17) is 0 Å². The molecule has 0 spiro atoms. The predicted octanol–water partition coefficient (Wildman–Crippen LogP) is 1.05. The Bertz CT molecular complexity index is 448. The fourth-order valence-corrected chi connectivity index (χ4v) is 3.59. The number of nitrogens with zero attached hydrogens (tertiary/aromatic N) is 2. The normalized spacial score (nSPS) is 17.3. The van der Waals surface area contributed by atoms with Crippen LogP contribution in [0.4, 0.5) is 0 Å². The maximum atomic E-state index is 11.8. The zero-order valence-electron chi connectivity index (χ0n) is 8.80. The van der Waals surface area contributed by atoms with Gasteiger partial charge in [0.25, 0.3) is 10.2 Å². The molecule has 0 unspecified atom stereocenters. The number of thiophene rings is 1. The van der Waals surface area contributed by atoms with Crippen LogP contribution in [0.1, 0.15) is 10.4 Å².